The van der Waals surface area contributed by atoms with Crippen molar-refractivity contribution in [3.8, 4) is 0 Å². The molecule has 0 unspecified atom stereocenters. The highest BCUT2D eigenvalue weighted by Crippen LogP contribution is 2.29. The van der Waals surface area contributed by atoms with E-state index in [9.17, 15) is 5.11 Å². The molecule has 0 aliphatic carbocycles. The maximum atomic E-state index is 9.59. The Hall–Kier alpha value is -0.200. The number of hydrogen-bond donors (Lipinski definition) is 2. The molecule has 100 valence electrons. The molecule has 0 aromatic carbocycles. The van der Waals surface area contributed by atoms with Gasteiger partial charge in [0.25, 0.3) is 0 Å². The topological polar surface area (TPSA) is 68.2 Å². The first-order valence-electron chi connectivity index (χ1n) is 6.26. The first-order chi connectivity index (χ1) is 8.00. The summed E-state index contributed by atoms with van der Waals surface area (Å²) in [6.45, 7) is 4.24. The average Bonchev–Trinajstić information content (AvgIpc) is 2.61. The van der Waals surface area contributed by atoms with E-state index < -0.39 is 18.0 Å². The van der Waals surface area contributed by atoms with Crippen molar-refractivity contribution in [2.75, 3.05) is 13.2 Å². The standard InChI is InChI=1S/C12H22O5/c1-12(2)15-7-9(17-12)5-8-3-4-10(14)11(6-13)16-8/h8-11,13-14H,3-7H2,1-2H3/t8-,9-,10-,11+/m0/s1. The van der Waals surface area contributed by atoms with Gasteiger partial charge >= 0.3 is 0 Å². The summed E-state index contributed by atoms with van der Waals surface area (Å²) in [5.41, 5.74) is 0. The van der Waals surface area contributed by atoms with E-state index in [0.717, 1.165) is 12.8 Å². The van der Waals surface area contributed by atoms with Gasteiger partial charge in [0.2, 0.25) is 0 Å². The summed E-state index contributed by atoms with van der Waals surface area (Å²) in [6, 6.07) is 0. The van der Waals surface area contributed by atoms with Gasteiger partial charge in [-0.05, 0) is 26.7 Å². The summed E-state index contributed by atoms with van der Waals surface area (Å²) in [4.78, 5) is 0. The average molecular weight is 246 g/mol. The molecule has 5 heteroatoms. The summed E-state index contributed by atoms with van der Waals surface area (Å²) >= 11 is 0. The van der Waals surface area contributed by atoms with Crippen LogP contribution in [0.15, 0.2) is 0 Å². The number of ether oxygens (including phenoxy) is 3. The Morgan fingerprint density at radius 1 is 1.24 bits per heavy atom. The predicted octanol–water partition coefficient (Wildman–Crippen LogP) is 0.429. The Bertz CT molecular complexity index is 255. The molecular formula is C12H22O5. The molecule has 2 N–H and O–H groups in total. The second-order valence-electron chi connectivity index (χ2n) is 5.31. The summed E-state index contributed by atoms with van der Waals surface area (Å²) in [5, 5.41) is 18.7. The van der Waals surface area contributed by atoms with Crippen LogP contribution in [-0.2, 0) is 14.2 Å². The zero-order valence-corrected chi connectivity index (χ0v) is 10.5. The van der Waals surface area contributed by atoms with Gasteiger partial charge in [-0.25, -0.2) is 0 Å². The first-order valence-corrected chi connectivity index (χ1v) is 6.26. The quantitative estimate of drug-likeness (QED) is 0.756. The van der Waals surface area contributed by atoms with Gasteiger partial charge in [-0.15, -0.1) is 0 Å². The lowest BCUT2D eigenvalue weighted by atomic mass is 9.98. The van der Waals surface area contributed by atoms with E-state index in [1.54, 1.807) is 0 Å². The molecular weight excluding hydrogens is 224 g/mol. The van der Waals surface area contributed by atoms with Crippen LogP contribution in [0.3, 0.4) is 0 Å². The van der Waals surface area contributed by atoms with Gasteiger partial charge in [0.1, 0.15) is 6.10 Å². The number of aliphatic hydroxyl groups excluding tert-OH is 2. The van der Waals surface area contributed by atoms with Gasteiger partial charge < -0.3 is 24.4 Å². The highest BCUT2D eigenvalue weighted by atomic mass is 16.7. The van der Waals surface area contributed by atoms with Crippen LogP contribution in [0.5, 0.6) is 0 Å². The summed E-state index contributed by atoms with van der Waals surface area (Å²) in [5.74, 6) is -0.505. The number of hydrogen-bond acceptors (Lipinski definition) is 5. The van der Waals surface area contributed by atoms with Crippen LogP contribution in [-0.4, -0.2) is 53.6 Å². The Labute approximate surface area is 102 Å². The lowest BCUT2D eigenvalue weighted by molar-refractivity contribution is -0.160. The van der Waals surface area contributed by atoms with E-state index in [2.05, 4.69) is 0 Å². The third kappa shape index (κ3) is 3.39. The zero-order valence-electron chi connectivity index (χ0n) is 10.5. The molecule has 2 aliphatic heterocycles. The fraction of sp³-hybridized carbons (Fsp3) is 1.00. The van der Waals surface area contributed by atoms with Crippen molar-refractivity contribution in [2.24, 2.45) is 0 Å². The monoisotopic (exact) mass is 246 g/mol. The van der Waals surface area contributed by atoms with Crippen LogP contribution >= 0.6 is 0 Å². The predicted molar refractivity (Wildman–Crippen MR) is 60.5 cm³/mol. The third-order valence-corrected chi connectivity index (χ3v) is 3.35. The molecule has 4 atom stereocenters. The van der Waals surface area contributed by atoms with Gasteiger partial charge in [0.05, 0.1) is 31.5 Å². The summed E-state index contributed by atoms with van der Waals surface area (Å²) in [7, 11) is 0. The van der Waals surface area contributed by atoms with Crippen LogP contribution in [0.4, 0.5) is 0 Å². The summed E-state index contributed by atoms with van der Waals surface area (Å²) < 4.78 is 16.9. The van der Waals surface area contributed by atoms with Crippen molar-refractivity contribution < 1.29 is 24.4 Å². The molecule has 17 heavy (non-hydrogen) atoms. The first kappa shape index (κ1) is 13.2. The van der Waals surface area contributed by atoms with E-state index in [-0.39, 0.29) is 18.8 Å². The Kier molecular flexibility index (Phi) is 4.05. The van der Waals surface area contributed by atoms with Crippen molar-refractivity contribution in [1.82, 2.24) is 0 Å². The molecule has 0 aromatic heterocycles. The van der Waals surface area contributed by atoms with E-state index in [0.29, 0.717) is 13.0 Å². The van der Waals surface area contributed by atoms with Crippen molar-refractivity contribution in [3.63, 3.8) is 0 Å². The van der Waals surface area contributed by atoms with Crippen LogP contribution in [0.25, 0.3) is 0 Å². The number of rotatable bonds is 3. The lowest BCUT2D eigenvalue weighted by Crippen LogP contribution is -2.42. The van der Waals surface area contributed by atoms with Crippen molar-refractivity contribution >= 4 is 0 Å². The molecule has 0 saturated carbocycles. The molecule has 2 fully saturated rings. The molecule has 0 spiro atoms. The largest absolute Gasteiger partial charge is 0.394 e. The zero-order chi connectivity index (χ0) is 12.5. The molecule has 2 aliphatic rings. The maximum absolute atomic E-state index is 9.59. The lowest BCUT2D eigenvalue weighted by Gasteiger charge is -2.33. The van der Waals surface area contributed by atoms with Gasteiger partial charge in [-0.3, -0.25) is 0 Å². The van der Waals surface area contributed by atoms with E-state index in [4.69, 9.17) is 19.3 Å². The van der Waals surface area contributed by atoms with E-state index in [1.807, 2.05) is 13.8 Å². The second-order valence-corrected chi connectivity index (χ2v) is 5.31. The molecule has 2 saturated heterocycles. The van der Waals surface area contributed by atoms with Crippen LogP contribution in [0.2, 0.25) is 0 Å². The van der Waals surface area contributed by atoms with Crippen molar-refractivity contribution in [1.29, 1.82) is 0 Å². The minimum Gasteiger partial charge on any atom is -0.394 e. The van der Waals surface area contributed by atoms with Gasteiger partial charge in [-0.1, -0.05) is 0 Å². The normalized spacial score (nSPS) is 41.6. The SMILES string of the molecule is CC1(C)OC[C@H](C[C@@H]2CC[C@H](O)[C@@H](CO)O2)O1. The second kappa shape index (κ2) is 5.20. The minimum atomic E-state index is -0.548. The van der Waals surface area contributed by atoms with Crippen LogP contribution in [0.1, 0.15) is 33.1 Å². The Balaban J connectivity index is 1.80. The molecule has 2 heterocycles. The van der Waals surface area contributed by atoms with Crippen molar-refractivity contribution in [2.45, 2.75) is 63.3 Å². The molecule has 5 nitrogen and oxygen atoms in total. The fourth-order valence-electron chi connectivity index (χ4n) is 2.46. The molecule has 0 bridgehead atoms. The molecule has 0 radical (unpaired) electrons. The van der Waals surface area contributed by atoms with E-state index in [1.165, 1.54) is 0 Å². The Morgan fingerprint density at radius 2 is 2.00 bits per heavy atom. The molecule has 2 rings (SSSR count). The smallest absolute Gasteiger partial charge is 0.163 e. The minimum absolute atomic E-state index is 0.0399. The fourth-order valence-corrected chi connectivity index (χ4v) is 2.46. The summed E-state index contributed by atoms with van der Waals surface area (Å²) in [6.07, 6.45) is 1.32. The van der Waals surface area contributed by atoms with E-state index >= 15 is 0 Å². The maximum Gasteiger partial charge on any atom is 0.163 e. The third-order valence-electron chi connectivity index (χ3n) is 3.35. The molecule has 0 aromatic rings. The van der Waals surface area contributed by atoms with Crippen LogP contribution in [0, 0.1) is 0 Å². The highest BCUT2D eigenvalue weighted by Gasteiger charge is 2.36. The number of aliphatic hydroxyl groups is 2. The van der Waals surface area contributed by atoms with Gasteiger partial charge in [0.15, 0.2) is 5.79 Å². The Morgan fingerprint density at radius 3 is 2.59 bits per heavy atom. The van der Waals surface area contributed by atoms with Crippen molar-refractivity contribution in [3.05, 3.63) is 0 Å². The van der Waals surface area contributed by atoms with Crippen LogP contribution < -0.4 is 0 Å². The highest BCUT2D eigenvalue weighted by molar-refractivity contribution is 4.81. The van der Waals surface area contributed by atoms with Gasteiger partial charge in [-0.2, -0.15) is 0 Å². The van der Waals surface area contributed by atoms with Gasteiger partial charge in [0, 0.05) is 6.42 Å². The molecule has 0 amide bonds.